The maximum absolute atomic E-state index is 6.41. The largest absolute Gasteiger partial charge is 0.372 e. The fourth-order valence-corrected chi connectivity index (χ4v) is 2.97. The highest BCUT2D eigenvalue weighted by Gasteiger charge is 2.22. The number of nitrogens with two attached hydrogens (primary N) is 1. The van der Waals surface area contributed by atoms with Gasteiger partial charge in [0.15, 0.2) is 0 Å². The van der Waals surface area contributed by atoms with Crippen molar-refractivity contribution in [2.75, 3.05) is 18.0 Å². The number of benzene rings is 1. The molecule has 0 saturated carbocycles. The van der Waals surface area contributed by atoms with Gasteiger partial charge in [0.1, 0.15) is 0 Å². The second-order valence-electron chi connectivity index (χ2n) is 5.81. The van der Waals surface area contributed by atoms with Crippen molar-refractivity contribution in [2.24, 2.45) is 5.73 Å². The highest BCUT2D eigenvalue weighted by Crippen LogP contribution is 2.27. The zero-order chi connectivity index (χ0) is 14.7. The van der Waals surface area contributed by atoms with Crippen LogP contribution in [-0.2, 0) is 11.2 Å². The molecule has 0 spiro atoms. The van der Waals surface area contributed by atoms with Gasteiger partial charge in [0.05, 0.1) is 12.2 Å². The Hall–Kier alpha value is -0.770. The van der Waals surface area contributed by atoms with E-state index in [4.69, 9.17) is 22.1 Å². The normalized spacial score (nSPS) is 24.8. The van der Waals surface area contributed by atoms with Gasteiger partial charge in [0.2, 0.25) is 0 Å². The average molecular weight is 297 g/mol. The predicted molar refractivity (Wildman–Crippen MR) is 85.6 cm³/mol. The summed E-state index contributed by atoms with van der Waals surface area (Å²) in [6, 6.07) is 6.50. The molecule has 0 aromatic heterocycles. The van der Waals surface area contributed by atoms with Gasteiger partial charge in [-0.2, -0.15) is 0 Å². The summed E-state index contributed by atoms with van der Waals surface area (Å²) >= 11 is 6.41. The van der Waals surface area contributed by atoms with Crippen molar-refractivity contribution in [3.05, 3.63) is 28.8 Å². The lowest BCUT2D eigenvalue weighted by atomic mass is 10.0. The van der Waals surface area contributed by atoms with Crippen LogP contribution in [0.4, 0.5) is 5.69 Å². The van der Waals surface area contributed by atoms with E-state index < -0.39 is 0 Å². The second kappa shape index (κ2) is 6.79. The molecule has 0 aliphatic carbocycles. The topological polar surface area (TPSA) is 38.5 Å². The zero-order valence-electron chi connectivity index (χ0n) is 12.6. The van der Waals surface area contributed by atoms with Gasteiger partial charge in [0, 0.05) is 29.8 Å². The van der Waals surface area contributed by atoms with Crippen molar-refractivity contribution in [1.82, 2.24) is 0 Å². The summed E-state index contributed by atoms with van der Waals surface area (Å²) < 4.78 is 5.77. The molecule has 0 bridgehead atoms. The van der Waals surface area contributed by atoms with E-state index in [0.717, 1.165) is 36.5 Å². The highest BCUT2D eigenvalue weighted by molar-refractivity contribution is 6.31. The molecule has 1 heterocycles. The van der Waals surface area contributed by atoms with Crippen LogP contribution in [0.1, 0.15) is 32.8 Å². The van der Waals surface area contributed by atoms with E-state index in [1.54, 1.807) is 0 Å². The molecule has 1 saturated heterocycles. The Morgan fingerprint density at radius 3 is 2.55 bits per heavy atom. The lowest BCUT2D eigenvalue weighted by molar-refractivity contribution is -0.00521. The van der Waals surface area contributed by atoms with E-state index in [1.165, 1.54) is 5.69 Å². The lowest BCUT2D eigenvalue weighted by Gasteiger charge is -2.37. The Labute approximate surface area is 127 Å². The zero-order valence-corrected chi connectivity index (χ0v) is 13.4. The quantitative estimate of drug-likeness (QED) is 0.927. The Morgan fingerprint density at radius 2 is 2.00 bits per heavy atom. The number of morpholine rings is 1. The maximum Gasteiger partial charge on any atom is 0.0726 e. The lowest BCUT2D eigenvalue weighted by Crippen LogP contribution is -2.45. The van der Waals surface area contributed by atoms with E-state index in [9.17, 15) is 0 Å². The van der Waals surface area contributed by atoms with Crippen molar-refractivity contribution in [2.45, 2.75) is 51.9 Å². The molecule has 3 nitrogen and oxygen atoms in total. The maximum atomic E-state index is 6.41. The van der Waals surface area contributed by atoms with Crippen LogP contribution in [-0.4, -0.2) is 31.3 Å². The second-order valence-corrected chi connectivity index (χ2v) is 6.22. The van der Waals surface area contributed by atoms with Crippen LogP contribution in [0.15, 0.2) is 18.2 Å². The third-order valence-electron chi connectivity index (χ3n) is 3.83. The highest BCUT2D eigenvalue weighted by atomic mass is 35.5. The van der Waals surface area contributed by atoms with E-state index in [1.807, 2.05) is 0 Å². The first-order valence-electron chi connectivity index (χ1n) is 7.44. The van der Waals surface area contributed by atoms with Gasteiger partial charge in [0.25, 0.3) is 0 Å². The van der Waals surface area contributed by atoms with Crippen LogP contribution in [0.25, 0.3) is 0 Å². The van der Waals surface area contributed by atoms with Crippen molar-refractivity contribution < 1.29 is 4.74 Å². The molecule has 20 heavy (non-hydrogen) atoms. The number of ether oxygens (including phenoxy) is 1. The minimum atomic E-state index is 0.182. The van der Waals surface area contributed by atoms with Crippen LogP contribution in [0, 0.1) is 0 Å². The van der Waals surface area contributed by atoms with Gasteiger partial charge in [-0.25, -0.2) is 0 Å². The monoisotopic (exact) mass is 296 g/mol. The summed E-state index contributed by atoms with van der Waals surface area (Å²) in [5, 5.41) is 0.818. The van der Waals surface area contributed by atoms with E-state index in [-0.39, 0.29) is 18.2 Å². The summed E-state index contributed by atoms with van der Waals surface area (Å²) in [6.07, 6.45) is 2.32. The minimum Gasteiger partial charge on any atom is -0.372 e. The fourth-order valence-electron chi connectivity index (χ4n) is 2.71. The van der Waals surface area contributed by atoms with E-state index in [2.05, 4.69) is 43.9 Å². The molecule has 0 amide bonds. The molecule has 0 radical (unpaired) electrons. The fraction of sp³-hybridized carbons (Fsp3) is 0.625. The molecule has 1 fully saturated rings. The van der Waals surface area contributed by atoms with Crippen LogP contribution in [0.5, 0.6) is 0 Å². The smallest absolute Gasteiger partial charge is 0.0726 e. The van der Waals surface area contributed by atoms with Gasteiger partial charge in [-0.05, 0) is 44.4 Å². The Kier molecular flexibility index (Phi) is 5.30. The molecular weight excluding hydrogens is 272 g/mol. The standard InChI is InChI=1S/C16H25ClN2O/c1-4-14(18)7-13-5-6-15(8-16(13)17)19-9-11(2)20-12(3)10-19/h5-6,8,11-12,14H,4,7,9-10,18H2,1-3H3. The molecule has 3 unspecified atom stereocenters. The van der Waals surface area contributed by atoms with Crippen LogP contribution in [0.3, 0.4) is 0 Å². The van der Waals surface area contributed by atoms with Gasteiger partial charge in [-0.15, -0.1) is 0 Å². The third kappa shape index (κ3) is 3.87. The number of nitrogens with zero attached hydrogens (tertiary/aromatic N) is 1. The molecular formula is C16H25ClN2O. The molecule has 1 aliphatic rings. The van der Waals surface area contributed by atoms with Gasteiger partial charge < -0.3 is 15.4 Å². The molecule has 112 valence electrons. The molecule has 1 aromatic rings. The molecule has 4 heteroatoms. The Bertz CT molecular complexity index is 442. The Balaban J connectivity index is 2.12. The average Bonchev–Trinajstić information content (AvgIpc) is 2.39. The number of halogens is 1. The van der Waals surface area contributed by atoms with Crippen LogP contribution in [0.2, 0.25) is 5.02 Å². The van der Waals surface area contributed by atoms with Crippen LogP contribution < -0.4 is 10.6 Å². The van der Waals surface area contributed by atoms with Crippen molar-refractivity contribution in [3.8, 4) is 0 Å². The summed E-state index contributed by atoms with van der Waals surface area (Å²) in [4.78, 5) is 2.34. The van der Waals surface area contributed by atoms with Crippen molar-refractivity contribution in [3.63, 3.8) is 0 Å². The van der Waals surface area contributed by atoms with Gasteiger partial charge >= 0.3 is 0 Å². The number of hydrogen-bond donors (Lipinski definition) is 1. The molecule has 3 atom stereocenters. The summed E-state index contributed by atoms with van der Waals surface area (Å²) in [7, 11) is 0. The van der Waals surface area contributed by atoms with E-state index >= 15 is 0 Å². The summed E-state index contributed by atoms with van der Waals surface area (Å²) in [5.74, 6) is 0. The van der Waals surface area contributed by atoms with Gasteiger partial charge in [-0.1, -0.05) is 24.6 Å². The first-order valence-corrected chi connectivity index (χ1v) is 7.81. The van der Waals surface area contributed by atoms with Crippen molar-refractivity contribution >= 4 is 17.3 Å². The number of rotatable bonds is 4. The van der Waals surface area contributed by atoms with E-state index in [0.29, 0.717) is 0 Å². The Morgan fingerprint density at radius 1 is 1.35 bits per heavy atom. The molecule has 2 rings (SSSR count). The molecule has 1 aromatic carbocycles. The third-order valence-corrected chi connectivity index (χ3v) is 4.18. The minimum absolute atomic E-state index is 0.182. The first kappa shape index (κ1) is 15.6. The first-order chi connectivity index (χ1) is 9.49. The van der Waals surface area contributed by atoms with Crippen LogP contribution >= 0.6 is 11.6 Å². The molecule has 1 aliphatic heterocycles. The van der Waals surface area contributed by atoms with Gasteiger partial charge in [-0.3, -0.25) is 0 Å². The summed E-state index contributed by atoms with van der Waals surface area (Å²) in [6.45, 7) is 8.14. The predicted octanol–water partition coefficient (Wildman–Crippen LogP) is 3.23. The molecule has 2 N–H and O–H groups in total. The summed E-state index contributed by atoms with van der Waals surface area (Å²) in [5.41, 5.74) is 8.32. The number of anilines is 1. The SMILES string of the molecule is CCC(N)Cc1ccc(N2CC(C)OC(C)C2)cc1Cl. The number of hydrogen-bond acceptors (Lipinski definition) is 3. The van der Waals surface area contributed by atoms with Crippen molar-refractivity contribution in [1.29, 1.82) is 0 Å².